The van der Waals surface area contributed by atoms with Gasteiger partial charge < -0.3 is 15.0 Å². The zero-order chi connectivity index (χ0) is 14.0. The highest BCUT2D eigenvalue weighted by molar-refractivity contribution is 9.13. The standard InChI is InChI=1S/C11H12Br2N2O3S/c1-14-10(16)7-5-18-3-2-15(7)11(17)8-4-6(12)9(13)19-8/h4,7H,2-3,5H2,1H3,(H,14,16). The van der Waals surface area contributed by atoms with Gasteiger partial charge in [0.15, 0.2) is 0 Å². The van der Waals surface area contributed by atoms with Crippen LogP contribution in [0.15, 0.2) is 14.3 Å². The molecule has 1 saturated heterocycles. The maximum Gasteiger partial charge on any atom is 0.264 e. The largest absolute Gasteiger partial charge is 0.377 e. The van der Waals surface area contributed by atoms with Gasteiger partial charge in [0.25, 0.3) is 5.91 Å². The van der Waals surface area contributed by atoms with Gasteiger partial charge in [0.05, 0.1) is 21.9 Å². The quantitative estimate of drug-likeness (QED) is 0.807. The number of likely N-dealkylation sites (N-methyl/N-ethyl adjacent to an activating group) is 1. The third kappa shape index (κ3) is 3.18. The number of nitrogens with zero attached hydrogens (tertiary/aromatic N) is 1. The van der Waals surface area contributed by atoms with Crippen LogP contribution in [0.25, 0.3) is 0 Å². The molecule has 1 aromatic heterocycles. The Labute approximate surface area is 131 Å². The summed E-state index contributed by atoms with van der Waals surface area (Å²) in [5.74, 6) is -0.351. The molecule has 0 saturated carbocycles. The maximum absolute atomic E-state index is 12.5. The first kappa shape index (κ1) is 15.0. The van der Waals surface area contributed by atoms with Gasteiger partial charge in [0.2, 0.25) is 5.91 Å². The molecule has 0 aliphatic carbocycles. The van der Waals surface area contributed by atoms with E-state index in [-0.39, 0.29) is 18.4 Å². The Bertz CT molecular complexity index is 487. The first-order valence-electron chi connectivity index (χ1n) is 5.59. The van der Waals surface area contributed by atoms with Crippen LogP contribution in [0.3, 0.4) is 0 Å². The minimum atomic E-state index is -0.564. The highest BCUT2D eigenvalue weighted by Crippen LogP contribution is 2.33. The van der Waals surface area contributed by atoms with Crippen molar-refractivity contribution in [1.29, 1.82) is 0 Å². The van der Waals surface area contributed by atoms with Crippen molar-refractivity contribution < 1.29 is 14.3 Å². The molecule has 2 amide bonds. The number of amides is 2. The lowest BCUT2D eigenvalue weighted by atomic mass is 10.2. The Kier molecular flexibility index (Phi) is 4.99. The average molecular weight is 412 g/mol. The molecule has 1 atom stereocenters. The van der Waals surface area contributed by atoms with E-state index in [1.54, 1.807) is 18.0 Å². The number of thiophene rings is 1. The van der Waals surface area contributed by atoms with Crippen molar-refractivity contribution >= 4 is 55.0 Å². The summed E-state index contributed by atoms with van der Waals surface area (Å²) < 4.78 is 6.98. The van der Waals surface area contributed by atoms with E-state index in [0.717, 1.165) is 8.26 Å². The monoisotopic (exact) mass is 410 g/mol. The summed E-state index contributed by atoms with van der Waals surface area (Å²) in [5, 5.41) is 2.56. The first-order valence-corrected chi connectivity index (χ1v) is 8.00. The maximum atomic E-state index is 12.5. The van der Waals surface area contributed by atoms with Crippen molar-refractivity contribution in [2.75, 3.05) is 26.8 Å². The molecule has 2 rings (SSSR count). The third-order valence-electron chi connectivity index (χ3n) is 2.79. The van der Waals surface area contributed by atoms with Crippen LogP contribution in [0.2, 0.25) is 0 Å². The van der Waals surface area contributed by atoms with Crippen LogP contribution in [-0.2, 0) is 9.53 Å². The van der Waals surface area contributed by atoms with E-state index in [1.807, 2.05) is 0 Å². The summed E-state index contributed by atoms with van der Waals surface area (Å²) >= 11 is 8.06. The van der Waals surface area contributed by atoms with Crippen LogP contribution < -0.4 is 5.32 Å². The van der Waals surface area contributed by atoms with Crippen LogP contribution in [0, 0.1) is 0 Å². The average Bonchev–Trinajstić information content (AvgIpc) is 2.77. The van der Waals surface area contributed by atoms with Gasteiger partial charge in [0.1, 0.15) is 6.04 Å². The Morgan fingerprint density at radius 1 is 1.53 bits per heavy atom. The predicted octanol–water partition coefficient (Wildman–Crippen LogP) is 1.86. The van der Waals surface area contributed by atoms with Crippen molar-refractivity contribution in [3.8, 4) is 0 Å². The SMILES string of the molecule is CNC(=O)C1COCCN1C(=O)c1cc(Br)c(Br)s1. The summed E-state index contributed by atoms with van der Waals surface area (Å²) in [5.41, 5.74) is 0. The topological polar surface area (TPSA) is 58.6 Å². The van der Waals surface area contributed by atoms with Crippen molar-refractivity contribution in [2.24, 2.45) is 0 Å². The second kappa shape index (κ2) is 6.34. The van der Waals surface area contributed by atoms with Gasteiger partial charge in [-0.1, -0.05) is 0 Å². The fourth-order valence-corrected chi connectivity index (χ4v) is 3.82. The van der Waals surface area contributed by atoms with Crippen molar-refractivity contribution in [3.05, 3.63) is 19.2 Å². The van der Waals surface area contributed by atoms with E-state index in [0.29, 0.717) is 18.0 Å². The van der Waals surface area contributed by atoms with Crippen LogP contribution in [-0.4, -0.2) is 49.6 Å². The molecule has 0 spiro atoms. The van der Waals surface area contributed by atoms with Gasteiger partial charge in [-0.25, -0.2) is 0 Å². The zero-order valence-electron chi connectivity index (χ0n) is 10.1. The zero-order valence-corrected chi connectivity index (χ0v) is 14.1. The van der Waals surface area contributed by atoms with Crippen molar-refractivity contribution in [1.82, 2.24) is 10.2 Å². The number of ether oxygens (including phenoxy) is 1. The van der Waals surface area contributed by atoms with E-state index in [4.69, 9.17) is 4.74 Å². The molecule has 5 nitrogen and oxygen atoms in total. The van der Waals surface area contributed by atoms with E-state index in [2.05, 4.69) is 37.2 Å². The molecule has 1 fully saturated rings. The molecule has 1 aromatic rings. The Balaban J connectivity index is 2.22. The predicted molar refractivity (Wildman–Crippen MR) is 79.4 cm³/mol. The molecule has 0 radical (unpaired) electrons. The van der Waals surface area contributed by atoms with Gasteiger partial charge in [-0.3, -0.25) is 9.59 Å². The number of nitrogens with one attached hydrogen (secondary N) is 1. The second-order valence-electron chi connectivity index (χ2n) is 3.94. The summed E-state index contributed by atoms with van der Waals surface area (Å²) in [6, 6.07) is 1.19. The molecule has 0 bridgehead atoms. The van der Waals surface area contributed by atoms with E-state index in [9.17, 15) is 9.59 Å². The lowest BCUT2D eigenvalue weighted by Gasteiger charge is -2.33. The van der Waals surface area contributed by atoms with Crippen LogP contribution in [0.1, 0.15) is 9.67 Å². The number of morpholine rings is 1. The molecular formula is C11H12Br2N2O3S. The number of rotatable bonds is 2. The van der Waals surface area contributed by atoms with Crippen molar-refractivity contribution in [3.63, 3.8) is 0 Å². The molecule has 19 heavy (non-hydrogen) atoms. The molecule has 8 heteroatoms. The number of carbonyl (C=O) groups excluding carboxylic acids is 2. The lowest BCUT2D eigenvalue weighted by molar-refractivity contribution is -0.130. The summed E-state index contributed by atoms with van der Waals surface area (Å²) in [7, 11) is 1.55. The lowest BCUT2D eigenvalue weighted by Crippen LogP contribution is -2.55. The number of carbonyl (C=O) groups is 2. The van der Waals surface area contributed by atoms with Crippen LogP contribution in [0.5, 0.6) is 0 Å². The van der Waals surface area contributed by atoms with Gasteiger partial charge in [-0.15, -0.1) is 11.3 Å². The minimum absolute atomic E-state index is 0.145. The molecular weight excluding hydrogens is 400 g/mol. The highest BCUT2D eigenvalue weighted by Gasteiger charge is 2.33. The van der Waals surface area contributed by atoms with Gasteiger partial charge in [-0.2, -0.15) is 0 Å². The van der Waals surface area contributed by atoms with Gasteiger partial charge in [-0.05, 0) is 37.9 Å². The smallest absolute Gasteiger partial charge is 0.264 e. The molecule has 0 aromatic carbocycles. The Morgan fingerprint density at radius 2 is 2.26 bits per heavy atom. The molecule has 1 aliphatic rings. The fourth-order valence-electron chi connectivity index (χ4n) is 1.82. The van der Waals surface area contributed by atoms with Crippen LogP contribution >= 0.6 is 43.2 Å². The summed E-state index contributed by atoms with van der Waals surface area (Å²) in [6.07, 6.45) is 0. The normalized spacial score (nSPS) is 19.3. The van der Waals surface area contributed by atoms with E-state index in [1.165, 1.54) is 11.3 Å². The molecule has 1 unspecified atom stereocenters. The fraction of sp³-hybridized carbons (Fsp3) is 0.455. The number of hydrogen-bond donors (Lipinski definition) is 1. The molecule has 104 valence electrons. The van der Waals surface area contributed by atoms with Gasteiger partial charge >= 0.3 is 0 Å². The van der Waals surface area contributed by atoms with E-state index >= 15 is 0 Å². The first-order chi connectivity index (χ1) is 9.04. The van der Waals surface area contributed by atoms with Gasteiger partial charge in [0, 0.05) is 18.1 Å². The minimum Gasteiger partial charge on any atom is -0.377 e. The molecule has 2 heterocycles. The second-order valence-corrected chi connectivity index (χ2v) is 7.16. The summed E-state index contributed by atoms with van der Waals surface area (Å²) in [6.45, 7) is 1.11. The number of hydrogen-bond acceptors (Lipinski definition) is 4. The summed E-state index contributed by atoms with van der Waals surface area (Å²) in [4.78, 5) is 26.4. The third-order valence-corrected chi connectivity index (χ3v) is 6.04. The Morgan fingerprint density at radius 3 is 2.84 bits per heavy atom. The Hall–Kier alpha value is -0.440. The molecule has 1 aliphatic heterocycles. The highest BCUT2D eigenvalue weighted by atomic mass is 79.9. The van der Waals surface area contributed by atoms with Crippen molar-refractivity contribution in [2.45, 2.75) is 6.04 Å². The van der Waals surface area contributed by atoms with Crippen LogP contribution in [0.4, 0.5) is 0 Å². The molecule has 1 N–H and O–H groups in total. The van der Waals surface area contributed by atoms with E-state index < -0.39 is 6.04 Å². The number of halogens is 2.